The molecule has 0 aliphatic rings. The van der Waals surface area contributed by atoms with Gasteiger partial charge in [-0.15, -0.1) is 0 Å². The molecular weight excluding hydrogens is 272 g/mol. The lowest BCUT2D eigenvalue weighted by atomic mass is 10.1. The molecular formula is C11H15BrN2O2. The van der Waals surface area contributed by atoms with E-state index in [0.717, 1.165) is 10.0 Å². The SMILES string of the molecule is C[C@@H](NCC(N)C(=O)O)c1cccc(Br)c1. The van der Waals surface area contributed by atoms with Gasteiger partial charge in [-0.3, -0.25) is 4.79 Å². The Morgan fingerprint density at radius 2 is 2.31 bits per heavy atom. The van der Waals surface area contributed by atoms with Crippen LogP contribution >= 0.6 is 15.9 Å². The molecule has 0 radical (unpaired) electrons. The molecule has 0 heterocycles. The summed E-state index contributed by atoms with van der Waals surface area (Å²) >= 11 is 3.39. The summed E-state index contributed by atoms with van der Waals surface area (Å²) in [6, 6.07) is 7.06. The first-order valence-corrected chi connectivity index (χ1v) is 5.77. The fraction of sp³-hybridized carbons (Fsp3) is 0.364. The van der Waals surface area contributed by atoms with Crippen LogP contribution in [0.1, 0.15) is 18.5 Å². The average Bonchev–Trinajstić information content (AvgIpc) is 2.25. The number of carbonyl (C=O) groups is 1. The van der Waals surface area contributed by atoms with Crippen LogP contribution in [0.5, 0.6) is 0 Å². The molecule has 0 aliphatic carbocycles. The maximum atomic E-state index is 10.5. The van der Waals surface area contributed by atoms with Crippen LogP contribution in [0.3, 0.4) is 0 Å². The fourth-order valence-corrected chi connectivity index (χ4v) is 1.70. The van der Waals surface area contributed by atoms with Gasteiger partial charge >= 0.3 is 5.97 Å². The highest BCUT2D eigenvalue weighted by atomic mass is 79.9. The summed E-state index contributed by atoms with van der Waals surface area (Å²) in [4.78, 5) is 10.5. The van der Waals surface area contributed by atoms with E-state index in [1.807, 2.05) is 31.2 Å². The highest BCUT2D eigenvalue weighted by Gasteiger charge is 2.13. The molecule has 0 amide bonds. The summed E-state index contributed by atoms with van der Waals surface area (Å²) in [6.45, 7) is 2.22. The van der Waals surface area contributed by atoms with Gasteiger partial charge in [-0.25, -0.2) is 0 Å². The largest absolute Gasteiger partial charge is 0.480 e. The van der Waals surface area contributed by atoms with Gasteiger partial charge < -0.3 is 16.2 Å². The van der Waals surface area contributed by atoms with E-state index in [2.05, 4.69) is 21.2 Å². The number of carboxylic acid groups (broad SMARTS) is 1. The predicted octanol–water partition coefficient (Wildman–Crippen LogP) is 1.51. The van der Waals surface area contributed by atoms with Crippen molar-refractivity contribution in [2.75, 3.05) is 6.54 Å². The van der Waals surface area contributed by atoms with Crippen LogP contribution in [0.25, 0.3) is 0 Å². The lowest BCUT2D eigenvalue weighted by molar-refractivity contribution is -0.138. The van der Waals surface area contributed by atoms with Gasteiger partial charge in [-0.1, -0.05) is 28.1 Å². The number of carboxylic acids is 1. The molecule has 88 valence electrons. The highest BCUT2D eigenvalue weighted by molar-refractivity contribution is 9.10. The number of halogens is 1. The number of nitrogens with one attached hydrogen (secondary N) is 1. The van der Waals surface area contributed by atoms with Crippen LogP contribution in [0.4, 0.5) is 0 Å². The Kier molecular flexibility index (Phi) is 4.92. The zero-order chi connectivity index (χ0) is 12.1. The number of hydrogen-bond acceptors (Lipinski definition) is 3. The van der Waals surface area contributed by atoms with Crippen molar-refractivity contribution in [2.24, 2.45) is 5.73 Å². The molecule has 16 heavy (non-hydrogen) atoms. The Bertz CT molecular complexity index is 371. The molecule has 1 unspecified atom stereocenters. The third-order valence-electron chi connectivity index (χ3n) is 2.31. The van der Waals surface area contributed by atoms with E-state index in [1.165, 1.54) is 0 Å². The molecule has 0 bridgehead atoms. The number of hydrogen-bond donors (Lipinski definition) is 3. The van der Waals surface area contributed by atoms with E-state index in [4.69, 9.17) is 10.8 Å². The topological polar surface area (TPSA) is 75.3 Å². The van der Waals surface area contributed by atoms with E-state index in [1.54, 1.807) is 0 Å². The van der Waals surface area contributed by atoms with Crippen LogP contribution in [0, 0.1) is 0 Å². The van der Waals surface area contributed by atoms with Crippen LogP contribution < -0.4 is 11.1 Å². The van der Waals surface area contributed by atoms with E-state index in [9.17, 15) is 4.79 Å². The van der Waals surface area contributed by atoms with Gasteiger partial charge in [0.25, 0.3) is 0 Å². The van der Waals surface area contributed by atoms with Crippen molar-refractivity contribution in [1.29, 1.82) is 0 Å². The van der Waals surface area contributed by atoms with Crippen LogP contribution in [0.15, 0.2) is 28.7 Å². The Morgan fingerprint density at radius 3 is 2.88 bits per heavy atom. The zero-order valence-electron chi connectivity index (χ0n) is 8.98. The predicted molar refractivity (Wildman–Crippen MR) is 66.2 cm³/mol. The monoisotopic (exact) mass is 286 g/mol. The van der Waals surface area contributed by atoms with Crippen LogP contribution in [-0.4, -0.2) is 23.7 Å². The first kappa shape index (κ1) is 13.2. The number of benzene rings is 1. The van der Waals surface area contributed by atoms with Crippen molar-refractivity contribution in [1.82, 2.24) is 5.32 Å². The minimum Gasteiger partial charge on any atom is -0.480 e. The lowest BCUT2D eigenvalue weighted by Gasteiger charge is -2.16. The second-order valence-electron chi connectivity index (χ2n) is 3.63. The third kappa shape index (κ3) is 3.92. The third-order valence-corrected chi connectivity index (χ3v) is 2.80. The van der Waals surface area contributed by atoms with Crippen molar-refractivity contribution >= 4 is 21.9 Å². The maximum absolute atomic E-state index is 10.5. The Labute approximate surface area is 103 Å². The smallest absolute Gasteiger partial charge is 0.321 e. The summed E-state index contributed by atoms with van der Waals surface area (Å²) in [7, 11) is 0. The molecule has 0 saturated carbocycles. The van der Waals surface area contributed by atoms with Gasteiger partial charge in [-0.2, -0.15) is 0 Å². The van der Waals surface area contributed by atoms with E-state index >= 15 is 0 Å². The molecule has 0 aliphatic heterocycles. The summed E-state index contributed by atoms with van der Waals surface area (Å²) in [5.74, 6) is -0.992. The standard InChI is InChI=1S/C11H15BrN2O2/c1-7(14-6-10(13)11(15)16)8-3-2-4-9(12)5-8/h2-5,7,10,14H,6,13H2,1H3,(H,15,16)/t7-,10?/m1/s1. The molecule has 0 spiro atoms. The number of rotatable bonds is 5. The molecule has 1 aromatic rings. The van der Waals surface area contributed by atoms with Crippen LogP contribution in [-0.2, 0) is 4.79 Å². The zero-order valence-corrected chi connectivity index (χ0v) is 10.6. The Balaban J connectivity index is 2.52. The fourth-order valence-electron chi connectivity index (χ4n) is 1.28. The van der Waals surface area contributed by atoms with Gasteiger partial charge in [0.2, 0.25) is 0 Å². The van der Waals surface area contributed by atoms with E-state index < -0.39 is 12.0 Å². The second-order valence-corrected chi connectivity index (χ2v) is 4.55. The van der Waals surface area contributed by atoms with Crippen molar-refractivity contribution in [3.05, 3.63) is 34.3 Å². The van der Waals surface area contributed by atoms with E-state index in [0.29, 0.717) is 0 Å². The first-order valence-electron chi connectivity index (χ1n) is 4.98. The Hall–Kier alpha value is -0.910. The number of nitrogens with two attached hydrogens (primary N) is 1. The molecule has 4 N–H and O–H groups in total. The number of aliphatic carboxylic acids is 1. The Morgan fingerprint density at radius 1 is 1.62 bits per heavy atom. The van der Waals surface area contributed by atoms with Gasteiger partial charge in [0.05, 0.1) is 0 Å². The first-order chi connectivity index (χ1) is 7.50. The molecule has 4 nitrogen and oxygen atoms in total. The van der Waals surface area contributed by atoms with Crippen molar-refractivity contribution in [2.45, 2.75) is 19.0 Å². The minimum atomic E-state index is -0.992. The second kappa shape index (κ2) is 5.98. The van der Waals surface area contributed by atoms with Crippen molar-refractivity contribution < 1.29 is 9.90 Å². The summed E-state index contributed by atoms with van der Waals surface area (Å²) in [6.07, 6.45) is 0. The summed E-state index contributed by atoms with van der Waals surface area (Å²) in [5, 5.41) is 11.7. The average molecular weight is 287 g/mol. The van der Waals surface area contributed by atoms with Gasteiger partial charge in [0.1, 0.15) is 6.04 Å². The minimum absolute atomic E-state index is 0.0721. The lowest BCUT2D eigenvalue weighted by Crippen LogP contribution is -2.41. The highest BCUT2D eigenvalue weighted by Crippen LogP contribution is 2.17. The normalized spacial score (nSPS) is 14.4. The molecule has 1 rings (SSSR count). The molecule has 1 aromatic carbocycles. The van der Waals surface area contributed by atoms with Gasteiger partial charge in [0.15, 0.2) is 0 Å². The van der Waals surface area contributed by atoms with Crippen molar-refractivity contribution in [3.63, 3.8) is 0 Å². The molecule has 0 aromatic heterocycles. The molecule has 5 heteroatoms. The maximum Gasteiger partial charge on any atom is 0.321 e. The van der Waals surface area contributed by atoms with Gasteiger partial charge in [-0.05, 0) is 24.6 Å². The summed E-state index contributed by atoms with van der Waals surface area (Å²) in [5.41, 5.74) is 6.49. The quantitative estimate of drug-likeness (QED) is 0.767. The molecule has 2 atom stereocenters. The molecule has 0 saturated heterocycles. The van der Waals surface area contributed by atoms with E-state index in [-0.39, 0.29) is 12.6 Å². The van der Waals surface area contributed by atoms with Crippen LogP contribution in [0.2, 0.25) is 0 Å². The molecule has 0 fully saturated rings. The van der Waals surface area contributed by atoms with Crippen molar-refractivity contribution in [3.8, 4) is 0 Å². The van der Waals surface area contributed by atoms with Gasteiger partial charge in [0, 0.05) is 17.1 Å². The summed E-state index contributed by atoms with van der Waals surface area (Å²) < 4.78 is 1.00.